The third-order valence-electron chi connectivity index (χ3n) is 3.29. The van der Waals surface area contributed by atoms with Gasteiger partial charge in [-0.2, -0.15) is 5.10 Å². The quantitative estimate of drug-likeness (QED) is 0.642. The molecule has 2 rings (SSSR count). The van der Waals surface area contributed by atoms with E-state index in [1.54, 1.807) is 13.8 Å². The number of aromatic nitrogens is 5. The van der Waals surface area contributed by atoms with Crippen LogP contribution >= 0.6 is 0 Å². The highest BCUT2D eigenvalue weighted by atomic mass is 16.1. The SMILES string of the molecule is Cc1nn(-c2nnc(C)c(=O)[nH]2)c(C)c1CC(=O)NCCN. The first-order chi connectivity index (χ1) is 10.4. The maximum absolute atomic E-state index is 11.8. The molecule has 0 bridgehead atoms. The molecule has 0 aliphatic heterocycles. The first-order valence-corrected chi connectivity index (χ1v) is 6.90. The summed E-state index contributed by atoms with van der Waals surface area (Å²) in [4.78, 5) is 26.1. The highest BCUT2D eigenvalue weighted by molar-refractivity contribution is 5.79. The molecule has 2 aromatic heterocycles. The van der Waals surface area contributed by atoms with Gasteiger partial charge < -0.3 is 11.1 Å². The van der Waals surface area contributed by atoms with Crippen LogP contribution in [0.4, 0.5) is 0 Å². The van der Waals surface area contributed by atoms with Crippen LogP contribution in [0.5, 0.6) is 0 Å². The van der Waals surface area contributed by atoms with Crippen molar-refractivity contribution >= 4 is 5.91 Å². The maximum atomic E-state index is 11.8. The van der Waals surface area contributed by atoms with Crippen molar-refractivity contribution in [3.05, 3.63) is 33.0 Å². The zero-order valence-electron chi connectivity index (χ0n) is 12.8. The van der Waals surface area contributed by atoms with Crippen molar-refractivity contribution in [1.82, 2.24) is 30.3 Å². The lowest BCUT2D eigenvalue weighted by molar-refractivity contribution is -0.120. The van der Waals surface area contributed by atoms with Gasteiger partial charge in [-0.05, 0) is 20.8 Å². The number of nitrogens with two attached hydrogens (primary N) is 1. The van der Waals surface area contributed by atoms with Crippen molar-refractivity contribution in [2.75, 3.05) is 13.1 Å². The molecule has 2 aromatic rings. The summed E-state index contributed by atoms with van der Waals surface area (Å²) in [5.74, 6) is 0.101. The number of hydrogen-bond donors (Lipinski definition) is 3. The summed E-state index contributed by atoms with van der Waals surface area (Å²) in [6.45, 7) is 6.01. The number of carbonyl (C=O) groups is 1. The number of H-pyrrole nitrogens is 1. The molecule has 9 nitrogen and oxygen atoms in total. The van der Waals surface area contributed by atoms with Gasteiger partial charge in [0.15, 0.2) is 0 Å². The molecule has 4 N–H and O–H groups in total. The van der Waals surface area contributed by atoms with Gasteiger partial charge in [0.25, 0.3) is 11.5 Å². The van der Waals surface area contributed by atoms with Crippen LogP contribution in [0.15, 0.2) is 4.79 Å². The molecule has 0 saturated carbocycles. The Hall–Kier alpha value is -2.55. The third-order valence-corrected chi connectivity index (χ3v) is 3.29. The van der Waals surface area contributed by atoms with Crippen LogP contribution in [0.25, 0.3) is 5.95 Å². The molecule has 1 amide bonds. The number of hydrogen-bond acceptors (Lipinski definition) is 6. The smallest absolute Gasteiger partial charge is 0.274 e. The average molecular weight is 305 g/mol. The number of nitrogens with zero attached hydrogens (tertiary/aromatic N) is 4. The van der Waals surface area contributed by atoms with Gasteiger partial charge in [0.05, 0.1) is 12.1 Å². The van der Waals surface area contributed by atoms with Crippen LogP contribution in [-0.2, 0) is 11.2 Å². The standard InChI is InChI=1S/C13H19N7O2/c1-7-10(6-11(21)15-5-4-14)9(3)20(19-7)13-16-12(22)8(2)17-18-13/h4-6,14H2,1-3H3,(H,15,21)(H,16,18,22). The van der Waals surface area contributed by atoms with Crippen LogP contribution < -0.4 is 16.6 Å². The highest BCUT2D eigenvalue weighted by Crippen LogP contribution is 2.15. The Kier molecular flexibility index (Phi) is 4.66. The monoisotopic (exact) mass is 305 g/mol. The molecule has 0 saturated heterocycles. The zero-order valence-corrected chi connectivity index (χ0v) is 12.8. The average Bonchev–Trinajstić information content (AvgIpc) is 2.76. The predicted octanol–water partition coefficient (Wildman–Crippen LogP) is -1.11. The fourth-order valence-corrected chi connectivity index (χ4v) is 2.05. The first-order valence-electron chi connectivity index (χ1n) is 6.90. The molecule has 0 radical (unpaired) electrons. The van der Waals surface area contributed by atoms with Crippen LogP contribution in [0, 0.1) is 20.8 Å². The Morgan fingerprint density at radius 1 is 1.27 bits per heavy atom. The Balaban J connectivity index is 2.32. The fourth-order valence-electron chi connectivity index (χ4n) is 2.05. The third kappa shape index (κ3) is 3.19. The summed E-state index contributed by atoms with van der Waals surface area (Å²) in [6, 6.07) is 0. The number of rotatable bonds is 5. The van der Waals surface area contributed by atoms with Crippen LogP contribution in [-0.4, -0.2) is 44.0 Å². The molecule has 0 aliphatic carbocycles. The van der Waals surface area contributed by atoms with E-state index >= 15 is 0 Å². The summed E-state index contributed by atoms with van der Waals surface area (Å²) in [7, 11) is 0. The first kappa shape index (κ1) is 15.8. The van der Waals surface area contributed by atoms with Crippen molar-refractivity contribution in [2.24, 2.45) is 5.73 Å². The van der Waals surface area contributed by atoms with Crippen LogP contribution in [0.3, 0.4) is 0 Å². The van der Waals surface area contributed by atoms with Gasteiger partial charge in [-0.15, -0.1) is 10.2 Å². The van der Waals surface area contributed by atoms with Crippen molar-refractivity contribution in [3.8, 4) is 5.95 Å². The van der Waals surface area contributed by atoms with E-state index in [1.165, 1.54) is 4.68 Å². The zero-order chi connectivity index (χ0) is 16.3. The minimum absolute atomic E-state index is 0.125. The molecule has 22 heavy (non-hydrogen) atoms. The van der Waals surface area contributed by atoms with E-state index < -0.39 is 0 Å². The van der Waals surface area contributed by atoms with E-state index in [0.29, 0.717) is 18.8 Å². The second-order valence-corrected chi connectivity index (χ2v) is 4.94. The Morgan fingerprint density at radius 2 is 2.00 bits per heavy atom. The fraction of sp³-hybridized carbons (Fsp3) is 0.462. The molecular formula is C13H19N7O2. The van der Waals surface area contributed by atoms with E-state index in [1.807, 2.05) is 6.92 Å². The molecular weight excluding hydrogens is 286 g/mol. The van der Waals surface area contributed by atoms with E-state index in [4.69, 9.17) is 5.73 Å². The lowest BCUT2D eigenvalue weighted by atomic mass is 10.1. The van der Waals surface area contributed by atoms with Crippen molar-refractivity contribution < 1.29 is 4.79 Å². The summed E-state index contributed by atoms with van der Waals surface area (Å²) in [5.41, 5.74) is 7.54. The van der Waals surface area contributed by atoms with Gasteiger partial charge in [0.1, 0.15) is 5.69 Å². The molecule has 0 atom stereocenters. The maximum Gasteiger partial charge on any atom is 0.274 e. The van der Waals surface area contributed by atoms with E-state index in [0.717, 1.165) is 11.3 Å². The molecule has 118 valence electrons. The minimum Gasteiger partial charge on any atom is -0.355 e. The second-order valence-electron chi connectivity index (χ2n) is 4.94. The van der Waals surface area contributed by atoms with Crippen LogP contribution in [0.1, 0.15) is 22.6 Å². The summed E-state index contributed by atoms with van der Waals surface area (Å²) in [6.07, 6.45) is 0.196. The van der Waals surface area contributed by atoms with Crippen molar-refractivity contribution in [2.45, 2.75) is 27.2 Å². The topological polar surface area (TPSA) is 132 Å². The van der Waals surface area contributed by atoms with Crippen molar-refractivity contribution in [1.29, 1.82) is 0 Å². The van der Waals surface area contributed by atoms with Gasteiger partial charge in [-0.3, -0.25) is 14.6 Å². The van der Waals surface area contributed by atoms with E-state index in [2.05, 4.69) is 25.6 Å². The molecule has 0 fully saturated rings. The number of aromatic amines is 1. The number of nitrogens with one attached hydrogen (secondary N) is 2. The Bertz CT molecular complexity index is 747. The van der Waals surface area contributed by atoms with Crippen molar-refractivity contribution in [3.63, 3.8) is 0 Å². The van der Waals surface area contributed by atoms with Gasteiger partial charge in [0.2, 0.25) is 5.91 Å². The Labute approximate surface area is 126 Å². The van der Waals surface area contributed by atoms with Crippen LogP contribution in [0.2, 0.25) is 0 Å². The highest BCUT2D eigenvalue weighted by Gasteiger charge is 2.17. The number of amides is 1. The molecule has 0 aromatic carbocycles. The molecule has 2 heterocycles. The lowest BCUT2D eigenvalue weighted by Gasteiger charge is -2.05. The van der Waals surface area contributed by atoms with Gasteiger partial charge in [-0.1, -0.05) is 0 Å². The predicted molar refractivity (Wildman–Crippen MR) is 79.8 cm³/mol. The molecule has 0 spiro atoms. The van der Waals surface area contributed by atoms with Gasteiger partial charge in [-0.25, -0.2) is 4.68 Å². The van der Waals surface area contributed by atoms with Gasteiger partial charge in [0, 0.05) is 24.3 Å². The normalized spacial score (nSPS) is 10.7. The number of carbonyl (C=O) groups excluding carboxylic acids is 1. The van der Waals surface area contributed by atoms with E-state index in [9.17, 15) is 9.59 Å². The lowest BCUT2D eigenvalue weighted by Crippen LogP contribution is -2.30. The second kappa shape index (κ2) is 6.48. The summed E-state index contributed by atoms with van der Waals surface area (Å²) >= 11 is 0. The minimum atomic E-state index is -0.320. The van der Waals surface area contributed by atoms with Gasteiger partial charge >= 0.3 is 0 Å². The Morgan fingerprint density at radius 3 is 2.64 bits per heavy atom. The largest absolute Gasteiger partial charge is 0.355 e. The number of aryl methyl sites for hydroxylation is 2. The molecule has 9 heteroatoms. The molecule has 0 aliphatic rings. The van der Waals surface area contributed by atoms with E-state index in [-0.39, 0.29) is 29.5 Å². The molecule has 0 unspecified atom stereocenters. The summed E-state index contributed by atoms with van der Waals surface area (Å²) in [5, 5.41) is 14.8. The summed E-state index contributed by atoms with van der Waals surface area (Å²) < 4.78 is 1.48.